The van der Waals surface area contributed by atoms with Gasteiger partial charge in [0.1, 0.15) is 18.4 Å². The van der Waals surface area contributed by atoms with Crippen molar-refractivity contribution in [1.29, 1.82) is 0 Å². The van der Waals surface area contributed by atoms with Gasteiger partial charge in [-0.25, -0.2) is 4.39 Å². The minimum Gasteiger partial charge on any atom is -0.352 e. The van der Waals surface area contributed by atoms with Crippen molar-refractivity contribution >= 4 is 11.8 Å². The van der Waals surface area contributed by atoms with Gasteiger partial charge in [-0.1, -0.05) is 75.6 Å². The Kier molecular flexibility index (Phi) is 8.98. The molecule has 1 aromatic heterocycles. The third kappa shape index (κ3) is 7.21. The van der Waals surface area contributed by atoms with Gasteiger partial charge in [-0.3, -0.25) is 9.59 Å². The molecule has 0 spiro atoms. The van der Waals surface area contributed by atoms with Crippen LogP contribution >= 0.6 is 0 Å². The minimum atomic E-state index is -0.635. The van der Waals surface area contributed by atoms with Crippen LogP contribution in [0, 0.1) is 11.7 Å². The second-order valence-corrected chi connectivity index (χ2v) is 10.1. The van der Waals surface area contributed by atoms with Crippen molar-refractivity contribution < 1.29 is 14.0 Å². The Morgan fingerprint density at radius 1 is 1.05 bits per heavy atom. The maximum Gasteiger partial charge on any atom is 0.247 e. The van der Waals surface area contributed by atoms with Gasteiger partial charge in [0, 0.05) is 12.6 Å². The second kappa shape index (κ2) is 12.6. The van der Waals surface area contributed by atoms with E-state index in [0.717, 1.165) is 36.0 Å². The van der Waals surface area contributed by atoms with Crippen molar-refractivity contribution in [2.75, 3.05) is 0 Å². The number of rotatable bonds is 10. The Balaban J connectivity index is 1.57. The number of tetrazole rings is 1. The van der Waals surface area contributed by atoms with Gasteiger partial charge in [-0.05, 0) is 48.1 Å². The highest BCUT2D eigenvalue weighted by atomic mass is 19.1. The monoisotopic (exact) mass is 506 g/mol. The number of amides is 2. The van der Waals surface area contributed by atoms with E-state index in [4.69, 9.17) is 0 Å². The van der Waals surface area contributed by atoms with Crippen LogP contribution in [0.2, 0.25) is 0 Å². The van der Waals surface area contributed by atoms with Crippen LogP contribution < -0.4 is 5.32 Å². The number of benzene rings is 2. The van der Waals surface area contributed by atoms with E-state index in [0.29, 0.717) is 6.42 Å². The first-order valence-electron chi connectivity index (χ1n) is 13.1. The third-order valence-electron chi connectivity index (χ3n) is 6.69. The average Bonchev–Trinajstić information content (AvgIpc) is 3.35. The summed E-state index contributed by atoms with van der Waals surface area (Å²) in [5, 5.41) is 15.4. The summed E-state index contributed by atoms with van der Waals surface area (Å²) in [6.07, 6.45) is 5.87. The normalized spacial score (nSPS) is 14.9. The molecule has 1 heterocycles. The van der Waals surface area contributed by atoms with E-state index in [-0.39, 0.29) is 48.3 Å². The van der Waals surface area contributed by atoms with Gasteiger partial charge in [-0.15, -0.1) is 10.2 Å². The Bertz CT molecular complexity index is 1180. The lowest BCUT2D eigenvalue weighted by Gasteiger charge is -2.34. The standard InChI is InChI=1S/C28H35FN6O2/c1-20(2)17-25(28(37)30-22-13-7-4-8-14-22)34(18-21-11-5-3-6-12-21)26(36)19-35-32-27(31-33-35)23-15-9-10-16-24(23)29/h3,5-6,9-12,15-16,20,22,25H,4,7-8,13-14,17-19H2,1-2H3,(H,30,37)/t25-/m1/s1. The topological polar surface area (TPSA) is 93.0 Å². The molecule has 0 aliphatic heterocycles. The molecule has 8 nitrogen and oxygen atoms in total. The van der Waals surface area contributed by atoms with Crippen LogP contribution in [0.5, 0.6) is 0 Å². The number of nitrogens with zero attached hydrogens (tertiary/aromatic N) is 5. The van der Waals surface area contributed by atoms with Crippen LogP contribution in [-0.4, -0.2) is 49.0 Å². The largest absolute Gasteiger partial charge is 0.352 e. The second-order valence-electron chi connectivity index (χ2n) is 10.1. The number of hydrogen-bond donors (Lipinski definition) is 1. The van der Waals surface area contributed by atoms with Crippen molar-refractivity contribution in [3.8, 4) is 11.4 Å². The van der Waals surface area contributed by atoms with E-state index < -0.39 is 11.9 Å². The molecule has 1 atom stereocenters. The molecule has 3 aromatic rings. The van der Waals surface area contributed by atoms with E-state index in [1.807, 2.05) is 44.2 Å². The summed E-state index contributed by atoms with van der Waals surface area (Å²) in [6.45, 7) is 4.17. The van der Waals surface area contributed by atoms with Gasteiger partial charge in [-0.2, -0.15) is 4.80 Å². The quantitative estimate of drug-likeness (QED) is 0.441. The summed E-state index contributed by atoms with van der Waals surface area (Å²) in [5.41, 5.74) is 1.14. The highest BCUT2D eigenvalue weighted by Crippen LogP contribution is 2.21. The van der Waals surface area contributed by atoms with E-state index >= 15 is 0 Å². The Morgan fingerprint density at radius 2 is 1.76 bits per heavy atom. The summed E-state index contributed by atoms with van der Waals surface area (Å²) in [6, 6.07) is 15.3. The third-order valence-corrected chi connectivity index (χ3v) is 6.69. The first-order chi connectivity index (χ1) is 17.9. The fourth-order valence-corrected chi connectivity index (χ4v) is 4.79. The Morgan fingerprint density at radius 3 is 2.46 bits per heavy atom. The molecule has 37 heavy (non-hydrogen) atoms. The fraction of sp³-hybridized carbons (Fsp3) is 0.464. The molecule has 9 heteroatoms. The highest BCUT2D eigenvalue weighted by Gasteiger charge is 2.32. The molecule has 1 fully saturated rings. The smallest absolute Gasteiger partial charge is 0.247 e. The van der Waals surface area contributed by atoms with Crippen molar-refractivity contribution in [3.63, 3.8) is 0 Å². The Labute approximate surface area is 217 Å². The zero-order chi connectivity index (χ0) is 26.2. The molecule has 0 unspecified atom stereocenters. The lowest BCUT2D eigenvalue weighted by atomic mass is 9.94. The van der Waals surface area contributed by atoms with Gasteiger partial charge in [0.05, 0.1) is 5.56 Å². The fourth-order valence-electron chi connectivity index (χ4n) is 4.79. The zero-order valence-corrected chi connectivity index (χ0v) is 21.5. The lowest BCUT2D eigenvalue weighted by molar-refractivity contribution is -0.143. The minimum absolute atomic E-state index is 0.106. The SMILES string of the molecule is CC(C)C[C@H](C(=O)NC1CCCCC1)N(Cc1ccccc1)C(=O)Cn1nnc(-c2ccccc2F)n1. The molecule has 4 rings (SSSR count). The van der Waals surface area contributed by atoms with Crippen LogP contribution in [-0.2, 0) is 22.7 Å². The van der Waals surface area contributed by atoms with E-state index in [2.05, 4.69) is 20.7 Å². The van der Waals surface area contributed by atoms with Gasteiger partial charge >= 0.3 is 0 Å². The summed E-state index contributed by atoms with van der Waals surface area (Å²) in [5.74, 6) is -0.579. The number of aromatic nitrogens is 4. The molecular formula is C28H35FN6O2. The zero-order valence-electron chi connectivity index (χ0n) is 21.5. The molecule has 1 N–H and O–H groups in total. The van der Waals surface area contributed by atoms with Gasteiger partial charge in [0.15, 0.2) is 0 Å². The molecule has 0 bridgehead atoms. The predicted octanol–water partition coefficient (Wildman–Crippen LogP) is 4.37. The number of hydrogen-bond acceptors (Lipinski definition) is 5. The van der Waals surface area contributed by atoms with Crippen LogP contribution in [0.4, 0.5) is 4.39 Å². The van der Waals surface area contributed by atoms with Gasteiger partial charge in [0.25, 0.3) is 0 Å². The summed E-state index contributed by atoms with van der Waals surface area (Å²) < 4.78 is 14.2. The van der Waals surface area contributed by atoms with Gasteiger partial charge < -0.3 is 10.2 Å². The summed E-state index contributed by atoms with van der Waals surface area (Å²) in [4.78, 5) is 30.0. The van der Waals surface area contributed by atoms with E-state index in [9.17, 15) is 14.0 Å². The number of carbonyl (C=O) groups is 2. The van der Waals surface area contributed by atoms with Crippen LogP contribution in [0.25, 0.3) is 11.4 Å². The molecule has 2 aromatic carbocycles. The van der Waals surface area contributed by atoms with Crippen molar-refractivity contribution in [2.24, 2.45) is 5.92 Å². The van der Waals surface area contributed by atoms with E-state index in [1.165, 1.54) is 12.5 Å². The average molecular weight is 507 g/mol. The van der Waals surface area contributed by atoms with Crippen molar-refractivity contribution in [3.05, 3.63) is 66.0 Å². The number of halogens is 1. The maximum atomic E-state index is 14.2. The van der Waals surface area contributed by atoms with E-state index in [1.54, 1.807) is 23.1 Å². The maximum absolute atomic E-state index is 14.2. The van der Waals surface area contributed by atoms with Crippen LogP contribution in [0.1, 0.15) is 57.9 Å². The molecule has 196 valence electrons. The number of nitrogens with one attached hydrogen (secondary N) is 1. The molecule has 0 radical (unpaired) electrons. The Hall–Kier alpha value is -3.62. The molecule has 1 aliphatic carbocycles. The van der Waals surface area contributed by atoms with Crippen LogP contribution in [0.3, 0.4) is 0 Å². The first-order valence-corrected chi connectivity index (χ1v) is 13.1. The first kappa shape index (κ1) is 26.4. The molecular weight excluding hydrogens is 471 g/mol. The predicted molar refractivity (Wildman–Crippen MR) is 138 cm³/mol. The van der Waals surface area contributed by atoms with Crippen molar-refractivity contribution in [2.45, 2.75) is 77.5 Å². The van der Waals surface area contributed by atoms with Gasteiger partial charge in [0.2, 0.25) is 17.6 Å². The summed E-state index contributed by atoms with van der Waals surface area (Å²) >= 11 is 0. The van der Waals surface area contributed by atoms with Crippen molar-refractivity contribution in [1.82, 2.24) is 30.4 Å². The highest BCUT2D eigenvalue weighted by molar-refractivity contribution is 5.87. The molecule has 2 amide bonds. The lowest BCUT2D eigenvalue weighted by Crippen LogP contribution is -2.53. The van der Waals surface area contributed by atoms with Crippen LogP contribution in [0.15, 0.2) is 54.6 Å². The molecule has 1 saturated carbocycles. The summed E-state index contributed by atoms with van der Waals surface area (Å²) in [7, 11) is 0. The molecule has 1 aliphatic rings. The number of carbonyl (C=O) groups excluding carboxylic acids is 2. The molecule has 0 saturated heterocycles.